The van der Waals surface area contributed by atoms with Crippen LogP contribution in [-0.4, -0.2) is 44.8 Å². The third kappa shape index (κ3) is 5.59. The van der Waals surface area contributed by atoms with Gasteiger partial charge in [-0.2, -0.15) is 0 Å². The smallest absolute Gasteiger partial charge is 0.228 e. The van der Waals surface area contributed by atoms with Gasteiger partial charge >= 0.3 is 0 Å². The van der Waals surface area contributed by atoms with Crippen LogP contribution in [0.5, 0.6) is 0 Å². The summed E-state index contributed by atoms with van der Waals surface area (Å²) in [7, 11) is -3.52. The predicted molar refractivity (Wildman–Crippen MR) is 125 cm³/mol. The Kier molecular flexibility index (Phi) is 6.84. The zero-order valence-electron chi connectivity index (χ0n) is 17.5. The first-order chi connectivity index (χ1) is 14.9. The fourth-order valence-electron chi connectivity index (χ4n) is 4.31. The third-order valence-corrected chi connectivity index (χ3v) is 8.04. The van der Waals surface area contributed by atoms with Gasteiger partial charge in [-0.1, -0.05) is 23.7 Å². The van der Waals surface area contributed by atoms with Crippen LogP contribution in [0.1, 0.15) is 31.2 Å². The van der Waals surface area contributed by atoms with E-state index in [0.29, 0.717) is 30.0 Å². The average molecular weight is 462 g/mol. The van der Waals surface area contributed by atoms with Gasteiger partial charge in [-0.3, -0.25) is 4.79 Å². The van der Waals surface area contributed by atoms with Gasteiger partial charge in [-0.15, -0.1) is 0 Å². The minimum absolute atomic E-state index is 0.111. The van der Waals surface area contributed by atoms with E-state index in [2.05, 4.69) is 10.2 Å². The molecule has 0 aliphatic carbocycles. The molecule has 2 fully saturated rings. The Balaban J connectivity index is 1.36. The fraction of sp³-hybridized carbons (Fsp3) is 0.435. The monoisotopic (exact) mass is 461 g/mol. The first-order valence-corrected chi connectivity index (χ1v) is 12.8. The lowest BCUT2D eigenvalue weighted by Gasteiger charge is -2.31. The SMILES string of the molecule is O=C(Nc1ccc(N2CCCC2)cc1)[C@H]1CCCN(S(=O)(=O)Cc2cccc(Cl)c2)C1. The van der Waals surface area contributed by atoms with E-state index in [1.165, 1.54) is 22.8 Å². The summed E-state index contributed by atoms with van der Waals surface area (Å²) in [5.41, 5.74) is 2.57. The van der Waals surface area contributed by atoms with Crippen LogP contribution in [0.2, 0.25) is 5.02 Å². The molecule has 0 saturated carbocycles. The second kappa shape index (κ2) is 9.59. The molecule has 1 amide bonds. The topological polar surface area (TPSA) is 69.7 Å². The number of nitrogens with zero attached hydrogens (tertiary/aromatic N) is 2. The van der Waals surface area contributed by atoms with Gasteiger partial charge in [0.2, 0.25) is 15.9 Å². The van der Waals surface area contributed by atoms with Gasteiger partial charge in [0, 0.05) is 42.6 Å². The second-order valence-corrected chi connectivity index (χ2v) is 10.7. The van der Waals surface area contributed by atoms with Crippen LogP contribution in [0.15, 0.2) is 48.5 Å². The highest BCUT2D eigenvalue weighted by Crippen LogP contribution is 2.25. The lowest BCUT2D eigenvalue weighted by molar-refractivity contribution is -0.120. The van der Waals surface area contributed by atoms with Crippen molar-refractivity contribution >= 4 is 38.9 Å². The number of carbonyl (C=O) groups is 1. The van der Waals surface area contributed by atoms with E-state index in [1.54, 1.807) is 24.3 Å². The van der Waals surface area contributed by atoms with E-state index in [-0.39, 0.29) is 24.1 Å². The number of hydrogen-bond acceptors (Lipinski definition) is 4. The molecule has 2 aromatic carbocycles. The third-order valence-electron chi connectivity index (χ3n) is 5.99. The number of halogens is 1. The van der Waals surface area contributed by atoms with Gasteiger partial charge in [-0.05, 0) is 67.6 Å². The number of rotatable bonds is 6. The van der Waals surface area contributed by atoms with E-state index in [9.17, 15) is 13.2 Å². The summed E-state index contributed by atoms with van der Waals surface area (Å²) < 4.78 is 27.2. The van der Waals surface area contributed by atoms with Crippen molar-refractivity contribution in [1.29, 1.82) is 0 Å². The average Bonchev–Trinajstić information content (AvgIpc) is 3.29. The highest BCUT2D eigenvalue weighted by molar-refractivity contribution is 7.88. The maximum absolute atomic E-state index is 12.9. The minimum atomic E-state index is -3.52. The van der Waals surface area contributed by atoms with Gasteiger partial charge < -0.3 is 10.2 Å². The van der Waals surface area contributed by atoms with Crippen LogP contribution in [0, 0.1) is 5.92 Å². The Morgan fingerprint density at radius 2 is 1.77 bits per heavy atom. The van der Waals surface area contributed by atoms with E-state index in [4.69, 9.17) is 11.6 Å². The molecule has 2 aliphatic heterocycles. The van der Waals surface area contributed by atoms with E-state index >= 15 is 0 Å². The van der Waals surface area contributed by atoms with Crippen molar-refractivity contribution in [3.63, 3.8) is 0 Å². The molecule has 4 rings (SSSR count). The van der Waals surface area contributed by atoms with Gasteiger partial charge in [-0.25, -0.2) is 12.7 Å². The number of anilines is 2. The lowest BCUT2D eigenvalue weighted by atomic mass is 9.98. The first-order valence-electron chi connectivity index (χ1n) is 10.8. The molecule has 8 heteroatoms. The molecule has 0 unspecified atom stereocenters. The number of benzene rings is 2. The number of amides is 1. The van der Waals surface area contributed by atoms with Crippen molar-refractivity contribution in [2.45, 2.75) is 31.4 Å². The fourth-order valence-corrected chi connectivity index (χ4v) is 6.12. The zero-order chi connectivity index (χ0) is 21.8. The maximum atomic E-state index is 12.9. The normalized spacial score (nSPS) is 20.0. The zero-order valence-corrected chi connectivity index (χ0v) is 19.0. The number of nitrogens with one attached hydrogen (secondary N) is 1. The van der Waals surface area contributed by atoms with Crippen molar-refractivity contribution in [2.75, 3.05) is 36.4 Å². The number of piperidine rings is 1. The molecule has 31 heavy (non-hydrogen) atoms. The summed E-state index contributed by atoms with van der Waals surface area (Å²) in [5, 5.41) is 3.48. The molecule has 1 N–H and O–H groups in total. The van der Waals surface area contributed by atoms with Crippen LogP contribution >= 0.6 is 11.6 Å². The molecular weight excluding hydrogens is 434 g/mol. The van der Waals surface area contributed by atoms with Crippen LogP contribution in [-0.2, 0) is 20.6 Å². The molecule has 0 aromatic heterocycles. The summed E-state index contributed by atoms with van der Waals surface area (Å²) in [6, 6.07) is 14.8. The summed E-state index contributed by atoms with van der Waals surface area (Å²) in [5.74, 6) is -0.599. The Labute approximate surface area is 189 Å². The second-order valence-electron chi connectivity index (χ2n) is 8.31. The van der Waals surface area contributed by atoms with E-state index in [1.807, 2.05) is 24.3 Å². The van der Waals surface area contributed by atoms with Crippen molar-refractivity contribution in [2.24, 2.45) is 5.92 Å². The minimum Gasteiger partial charge on any atom is -0.372 e. The highest BCUT2D eigenvalue weighted by atomic mass is 35.5. The first kappa shape index (κ1) is 22.1. The van der Waals surface area contributed by atoms with Crippen LogP contribution in [0.4, 0.5) is 11.4 Å². The van der Waals surface area contributed by atoms with E-state index < -0.39 is 10.0 Å². The molecule has 2 aromatic rings. The van der Waals surface area contributed by atoms with Gasteiger partial charge in [0.25, 0.3) is 0 Å². The molecule has 166 valence electrons. The molecule has 0 radical (unpaired) electrons. The summed E-state index contributed by atoms with van der Waals surface area (Å²) >= 11 is 5.98. The Hall–Kier alpha value is -2.09. The van der Waals surface area contributed by atoms with Gasteiger partial charge in [0.1, 0.15) is 0 Å². The number of sulfonamides is 1. The predicted octanol–water partition coefficient (Wildman–Crippen LogP) is 4.12. The largest absolute Gasteiger partial charge is 0.372 e. The highest BCUT2D eigenvalue weighted by Gasteiger charge is 2.32. The Bertz CT molecular complexity index is 1020. The van der Waals surface area contributed by atoms with Crippen molar-refractivity contribution in [3.8, 4) is 0 Å². The van der Waals surface area contributed by atoms with Crippen molar-refractivity contribution in [3.05, 3.63) is 59.1 Å². The molecular formula is C23H28ClN3O3S. The molecule has 0 spiro atoms. The van der Waals surface area contributed by atoms with Crippen molar-refractivity contribution < 1.29 is 13.2 Å². The molecule has 2 saturated heterocycles. The lowest BCUT2D eigenvalue weighted by Crippen LogP contribution is -2.44. The molecule has 6 nitrogen and oxygen atoms in total. The summed E-state index contributed by atoms with van der Waals surface area (Å²) in [6.45, 7) is 2.80. The summed E-state index contributed by atoms with van der Waals surface area (Å²) in [4.78, 5) is 15.2. The molecule has 2 heterocycles. The molecule has 0 bridgehead atoms. The van der Waals surface area contributed by atoms with E-state index in [0.717, 1.165) is 18.8 Å². The van der Waals surface area contributed by atoms with Gasteiger partial charge in [0.15, 0.2) is 0 Å². The van der Waals surface area contributed by atoms with Gasteiger partial charge in [0.05, 0.1) is 11.7 Å². The van der Waals surface area contributed by atoms with Crippen molar-refractivity contribution in [1.82, 2.24) is 4.31 Å². The number of carbonyl (C=O) groups excluding carboxylic acids is 1. The number of hydrogen-bond donors (Lipinski definition) is 1. The van der Waals surface area contributed by atoms with Crippen LogP contribution in [0.3, 0.4) is 0 Å². The van der Waals surface area contributed by atoms with Crippen LogP contribution in [0.25, 0.3) is 0 Å². The molecule has 1 atom stereocenters. The Morgan fingerprint density at radius 3 is 2.48 bits per heavy atom. The maximum Gasteiger partial charge on any atom is 0.228 e. The standard InChI is InChI=1S/C23H28ClN3O3S/c24-20-7-3-5-18(15-20)17-31(29,30)27-14-4-6-19(16-27)23(28)25-21-8-10-22(11-9-21)26-12-1-2-13-26/h3,5,7-11,15,19H,1-2,4,6,12-14,16-17H2,(H,25,28)/t19-/m0/s1. The quantitative estimate of drug-likeness (QED) is 0.702. The van der Waals surface area contributed by atoms with Crippen LogP contribution < -0.4 is 10.2 Å². The molecule has 2 aliphatic rings. The Morgan fingerprint density at radius 1 is 1.03 bits per heavy atom. The summed E-state index contributed by atoms with van der Waals surface area (Å²) in [6.07, 6.45) is 3.79.